The Morgan fingerprint density at radius 3 is 1.03 bits per heavy atom. The molecule has 33 heavy (non-hydrogen) atoms. The van der Waals surface area contributed by atoms with Crippen molar-refractivity contribution in [3.63, 3.8) is 0 Å². The van der Waals surface area contributed by atoms with Crippen molar-refractivity contribution < 1.29 is 75.8 Å². The average molecular weight is 610 g/mol. The van der Waals surface area contributed by atoms with E-state index in [1.165, 1.54) is 0 Å². The molecule has 0 heterocycles. The van der Waals surface area contributed by atoms with Crippen LogP contribution < -0.4 is 11.5 Å². The zero-order valence-electron chi connectivity index (χ0n) is 17.1. The molecule has 0 fully saturated rings. The first kappa shape index (κ1) is 36.5. The van der Waals surface area contributed by atoms with Crippen LogP contribution in [0.25, 0.3) is 0 Å². The standard InChI is InChI=1S/2C6H12N2O6S2.Zn/c2*7-5(11)13-15-16-14-6(12)8(1-3-9)2-4-10;/h2*9-10H,1-4H2,(H2,7,11);. The summed E-state index contributed by atoms with van der Waals surface area (Å²) in [5.41, 5.74) is 9.30. The van der Waals surface area contributed by atoms with Crippen LogP contribution >= 0.6 is 44.3 Å². The summed E-state index contributed by atoms with van der Waals surface area (Å²) in [7, 11) is 0. The van der Waals surface area contributed by atoms with Gasteiger partial charge in [-0.25, -0.2) is 19.2 Å². The molecule has 0 radical (unpaired) electrons. The van der Waals surface area contributed by atoms with Crippen LogP contribution in [0.5, 0.6) is 0 Å². The van der Waals surface area contributed by atoms with Crippen molar-refractivity contribution in [2.45, 2.75) is 0 Å². The second-order valence-electron chi connectivity index (χ2n) is 4.64. The fourth-order valence-corrected chi connectivity index (χ4v) is 3.02. The molecule has 0 spiro atoms. The molecule has 0 aromatic heterocycles. The first-order valence-electron chi connectivity index (χ1n) is 8.19. The molecule has 0 rings (SSSR count). The van der Waals surface area contributed by atoms with Crippen molar-refractivity contribution in [1.82, 2.24) is 9.80 Å². The molecule has 16 nitrogen and oxygen atoms in total. The van der Waals surface area contributed by atoms with Gasteiger partial charge in [0.25, 0.3) is 0 Å². The summed E-state index contributed by atoms with van der Waals surface area (Å²) in [5.74, 6) is 0. The van der Waals surface area contributed by atoms with E-state index in [1.807, 2.05) is 0 Å². The summed E-state index contributed by atoms with van der Waals surface area (Å²) in [6, 6.07) is 0. The van der Waals surface area contributed by atoms with E-state index < -0.39 is 24.4 Å². The second kappa shape index (κ2) is 25.6. The Kier molecular flexibility index (Phi) is 28.3. The average Bonchev–Trinajstić information content (AvgIpc) is 2.74. The number of rotatable bonds is 14. The third-order valence-corrected chi connectivity index (χ3v) is 4.64. The molecule has 8 N–H and O–H groups in total. The quantitative estimate of drug-likeness (QED) is 0.0624. The minimum atomic E-state index is -1.00. The van der Waals surface area contributed by atoms with Crippen molar-refractivity contribution >= 4 is 68.7 Å². The van der Waals surface area contributed by atoms with E-state index in [0.717, 1.165) is 9.80 Å². The molecule has 0 aliphatic heterocycles. The second-order valence-corrected chi connectivity index (χ2v) is 7.49. The minimum Gasteiger partial charge on any atom is -0.395 e. The molecule has 0 saturated carbocycles. The number of hydrogen-bond donors (Lipinski definition) is 6. The summed E-state index contributed by atoms with van der Waals surface area (Å²) >= 11 is 2.00. The molecule has 4 amide bonds. The number of nitrogens with two attached hydrogens (primary N) is 2. The van der Waals surface area contributed by atoms with Crippen LogP contribution in [0.2, 0.25) is 0 Å². The van der Waals surface area contributed by atoms with Gasteiger partial charge >= 0.3 is 24.4 Å². The largest absolute Gasteiger partial charge is 0.423 e. The van der Waals surface area contributed by atoms with Crippen LogP contribution in [-0.4, -0.2) is 107 Å². The third-order valence-electron chi connectivity index (χ3n) is 2.49. The van der Waals surface area contributed by atoms with Gasteiger partial charge in [-0.1, -0.05) is 0 Å². The first-order chi connectivity index (χ1) is 15.2. The number of nitrogens with zero attached hydrogens (tertiary/aromatic N) is 2. The van der Waals surface area contributed by atoms with Gasteiger partial charge in [0, 0.05) is 45.7 Å². The molecule has 0 aliphatic rings. The maximum absolute atomic E-state index is 11.2. The molecule has 0 saturated heterocycles. The normalized spacial score (nSPS) is 9.33. The SMILES string of the molecule is NC(=O)OSSOC(=O)N(CCO)CCO.NC(=O)OSSOC(=O)N(CCO)CCO.[Zn]. The number of carbonyl (C=O) groups excluding carboxylic acids is 4. The zero-order chi connectivity index (χ0) is 24.8. The molecule has 0 unspecified atom stereocenters. The summed E-state index contributed by atoms with van der Waals surface area (Å²) in [6.45, 7) is -0.810. The van der Waals surface area contributed by atoms with E-state index in [2.05, 4.69) is 28.2 Å². The van der Waals surface area contributed by atoms with E-state index in [0.29, 0.717) is 44.3 Å². The van der Waals surface area contributed by atoms with Gasteiger partial charge in [-0.3, -0.25) is 0 Å². The summed E-state index contributed by atoms with van der Waals surface area (Å²) in [4.78, 5) is 44.9. The molecule has 0 aliphatic carbocycles. The van der Waals surface area contributed by atoms with E-state index in [4.69, 9.17) is 20.4 Å². The van der Waals surface area contributed by atoms with Crippen LogP contribution in [0.1, 0.15) is 0 Å². The van der Waals surface area contributed by atoms with Crippen molar-refractivity contribution in [3.05, 3.63) is 0 Å². The molecule has 0 aromatic carbocycles. The van der Waals surface area contributed by atoms with E-state index in [1.54, 1.807) is 0 Å². The van der Waals surface area contributed by atoms with Gasteiger partial charge in [0.1, 0.15) is 0 Å². The Labute approximate surface area is 217 Å². The number of carbonyl (C=O) groups is 4. The third kappa shape index (κ3) is 23.9. The fourth-order valence-electron chi connectivity index (χ4n) is 1.36. The molecular weight excluding hydrogens is 586 g/mol. The van der Waals surface area contributed by atoms with Crippen LogP contribution in [0.4, 0.5) is 19.2 Å². The van der Waals surface area contributed by atoms with E-state index in [-0.39, 0.29) is 72.1 Å². The number of primary amides is 2. The van der Waals surface area contributed by atoms with Crippen LogP contribution in [0, 0.1) is 0 Å². The minimum absolute atomic E-state index is 0. The Bertz CT molecular complexity index is 499. The predicted octanol–water partition coefficient (Wildman–Crippen LogP) is -0.570. The van der Waals surface area contributed by atoms with Gasteiger partial charge in [-0.05, 0) is 0 Å². The smallest absolute Gasteiger partial charge is 0.395 e. The van der Waals surface area contributed by atoms with E-state index in [9.17, 15) is 19.2 Å². The Morgan fingerprint density at radius 2 is 0.818 bits per heavy atom. The maximum atomic E-state index is 11.2. The van der Waals surface area contributed by atoms with Crippen molar-refractivity contribution in [3.8, 4) is 0 Å². The Balaban J connectivity index is -0.000000529. The number of amides is 4. The molecule has 190 valence electrons. The van der Waals surface area contributed by atoms with Crippen molar-refractivity contribution in [2.75, 3.05) is 52.6 Å². The molecule has 0 aromatic rings. The van der Waals surface area contributed by atoms with Gasteiger partial charge in [-0.15, -0.1) is 0 Å². The Hall–Kier alpha value is -1.06. The molecule has 0 bridgehead atoms. The summed E-state index contributed by atoms with van der Waals surface area (Å²) in [5, 5.41) is 34.5. The van der Waals surface area contributed by atoms with Gasteiger partial charge in [0.05, 0.1) is 26.4 Å². The fraction of sp³-hybridized carbons (Fsp3) is 0.667. The first-order valence-corrected chi connectivity index (χ1v) is 12.2. The van der Waals surface area contributed by atoms with Gasteiger partial charge in [0.15, 0.2) is 44.3 Å². The monoisotopic (exact) mass is 608 g/mol. The number of hydrogen-bond acceptors (Lipinski definition) is 16. The summed E-state index contributed by atoms with van der Waals surface area (Å²) < 4.78 is 17.6. The molecule has 0 atom stereocenters. The number of aliphatic hydroxyl groups excluding tert-OH is 4. The zero-order valence-corrected chi connectivity index (χ0v) is 23.3. The topological polar surface area (TPSA) is 245 Å². The van der Waals surface area contributed by atoms with Gasteiger partial charge in [-0.2, -0.15) is 0 Å². The maximum Gasteiger partial charge on any atom is 0.423 e. The van der Waals surface area contributed by atoms with Gasteiger partial charge in [0.2, 0.25) is 0 Å². The van der Waals surface area contributed by atoms with Crippen LogP contribution in [-0.2, 0) is 36.2 Å². The predicted molar refractivity (Wildman–Crippen MR) is 116 cm³/mol. The van der Waals surface area contributed by atoms with Crippen LogP contribution in [0.15, 0.2) is 0 Å². The van der Waals surface area contributed by atoms with E-state index >= 15 is 0 Å². The van der Waals surface area contributed by atoms with Crippen molar-refractivity contribution in [2.24, 2.45) is 11.5 Å². The number of aliphatic hydroxyl groups is 4. The molecular formula is C12H24N4O12S4Zn. The Morgan fingerprint density at radius 1 is 0.576 bits per heavy atom. The molecule has 21 heteroatoms. The van der Waals surface area contributed by atoms with Crippen molar-refractivity contribution in [1.29, 1.82) is 0 Å². The van der Waals surface area contributed by atoms with Gasteiger partial charge < -0.3 is 58.4 Å². The van der Waals surface area contributed by atoms with Crippen LogP contribution in [0.3, 0.4) is 0 Å². The summed E-state index contributed by atoms with van der Waals surface area (Å²) in [6.07, 6.45) is -3.52.